The largest absolute Gasteiger partial charge is 0.438 e. The molecule has 1 fully saturated rings. The first-order chi connectivity index (χ1) is 9.65. The molecule has 3 rings (SSSR count). The maximum atomic E-state index is 5.87. The number of aromatic nitrogens is 2. The maximum absolute atomic E-state index is 5.87. The molecule has 6 heteroatoms. The molecule has 104 valence electrons. The second kappa shape index (κ2) is 5.69. The molecule has 1 aromatic heterocycles. The van der Waals surface area contributed by atoms with Crippen molar-refractivity contribution in [3.8, 4) is 11.6 Å². The highest BCUT2D eigenvalue weighted by molar-refractivity contribution is 9.11. The Bertz CT molecular complexity index is 644. The van der Waals surface area contributed by atoms with Gasteiger partial charge in [-0.15, -0.1) is 0 Å². The Labute approximate surface area is 134 Å². The minimum atomic E-state index is 0.485. The molecule has 1 aliphatic carbocycles. The van der Waals surface area contributed by atoms with Gasteiger partial charge in [0, 0.05) is 23.5 Å². The summed E-state index contributed by atoms with van der Waals surface area (Å²) in [7, 11) is 1.85. The molecule has 1 saturated carbocycles. The number of nitrogens with one attached hydrogen (secondary N) is 1. The molecule has 1 heterocycles. The van der Waals surface area contributed by atoms with Crippen LogP contribution < -0.4 is 10.1 Å². The Morgan fingerprint density at radius 1 is 1.20 bits per heavy atom. The number of halogens is 2. The van der Waals surface area contributed by atoms with Gasteiger partial charge in [0.2, 0.25) is 5.88 Å². The standard InChI is InChI=1S/C14H13Br2N3O/c1-17-12-7-13(19-14(18-12)8-2-3-8)20-11-5-4-9(15)6-10(11)16/h4-8H,2-3H2,1H3,(H,17,18,19). The zero-order valence-corrected chi connectivity index (χ0v) is 14.0. The fourth-order valence-corrected chi connectivity index (χ4v) is 2.95. The lowest BCUT2D eigenvalue weighted by Crippen LogP contribution is -2.01. The summed E-state index contributed by atoms with van der Waals surface area (Å²) in [5.74, 6) is 3.43. The van der Waals surface area contributed by atoms with E-state index >= 15 is 0 Å². The van der Waals surface area contributed by atoms with Crippen molar-refractivity contribution in [2.24, 2.45) is 0 Å². The Morgan fingerprint density at radius 3 is 2.65 bits per heavy atom. The van der Waals surface area contributed by atoms with Crippen LogP contribution in [0.1, 0.15) is 24.6 Å². The van der Waals surface area contributed by atoms with Crippen molar-refractivity contribution in [1.29, 1.82) is 0 Å². The molecule has 1 aromatic carbocycles. The van der Waals surface area contributed by atoms with Crippen LogP contribution in [0.3, 0.4) is 0 Å². The van der Waals surface area contributed by atoms with E-state index in [1.807, 2.05) is 25.2 Å². The summed E-state index contributed by atoms with van der Waals surface area (Å²) in [4.78, 5) is 8.97. The number of benzene rings is 1. The number of nitrogens with zero attached hydrogens (tertiary/aromatic N) is 2. The minimum Gasteiger partial charge on any atom is -0.438 e. The molecule has 0 unspecified atom stereocenters. The van der Waals surface area contributed by atoms with Crippen molar-refractivity contribution >= 4 is 37.7 Å². The van der Waals surface area contributed by atoms with E-state index in [9.17, 15) is 0 Å². The van der Waals surface area contributed by atoms with Gasteiger partial charge in [-0.05, 0) is 47.0 Å². The van der Waals surface area contributed by atoms with Gasteiger partial charge in [-0.25, -0.2) is 4.98 Å². The van der Waals surface area contributed by atoms with Crippen LogP contribution in [0.4, 0.5) is 5.82 Å². The molecule has 4 nitrogen and oxygen atoms in total. The average Bonchev–Trinajstić information content (AvgIpc) is 3.26. The van der Waals surface area contributed by atoms with E-state index in [2.05, 4.69) is 47.1 Å². The first kappa shape index (κ1) is 13.8. The third kappa shape index (κ3) is 3.12. The van der Waals surface area contributed by atoms with Crippen LogP contribution in [0.25, 0.3) is 0 Å². The molecule has 0 bridgehead atoms. The Kier molecular flexibility index (Phi) is 3.94. The number of hydrogen-bond acceptors (Lipinski definition) is 4. The van der Waals surface area contributed by atoms with E-state index in [4.69, 9.17) is 4.74 Å². The molecular formula is C14H13Br2N3O. The lowest BCUT2D eigenvalue weighted by Gasteiger charge is -2.10. The Balaban J connectivity index is 1.91. The zero-order valence-electron chi connectivity index (χ0n) is 10.9. The molecule has 0 atom stereocenters. The van der Waals surface area contributed by atoms with Crippen LogP contribution in [-0.2, 0) is 0 Å². The number of hydrogen-bond donors (Lipinski definition) is 1. The predicted octanol–water partition coefficient (Wildman–Crippen LogP) is 4.71. The monoisotopic (exact) mass is 397 g/mol. The third-order valence-corrected chi connectivity index (χ3v) is 4.14. The zero-order chi connectivity index (χ0) is 14.1. The Morgan fingerprint density at radius 2 is 2.00 bits per heavy atom. The van der Waals surface area contributed by atoms with Gasteiger partial charge < -0.3 is 10.1 Å². The van der Waals surface area contributed by atoms with Gasteiger partial charge in [0.1, 0.15) is 17.4 Å². The summed E-state index contributed by atoms with van der Waals surface area (Å²) < 4.78 is 7.74. The molecule has 0 aliphatic heterocycles. The van der Waals surface area contributed by atoms with Gasteiger partial charge in [0.15, 0.2) is 0 Å². The number of ether oxygens (including phenoxy) is 1. The van der Waals surface area contributed by atoms with Gasteiger partial charge in [-0.1, -0.05) is 15.9 Å². The summed E-state index contributed by atoms with van der Waals surface area (Å²) in [5, 5.41) is 3.05. The summed E-state index contributed by atoms with van der Waals surface area (Å²) in [6.45, 7) is 0. The fourth-order valence-electron chi connectivity index (χ4n) is 1.82. The van der Waals surface area contributed by atoms with Gasteiger partial charge in [0.25, 0.3) is 0 Å². The molecular weight excluding hydrogens is 386 g/mol. The smallest absolute Gasteiger partial charge is 0.224 e. The lowest BCUT2D eigenvalue weighted by atomic mass is 10.3. The van der Waals surface area contributed by atoms with Crippen LogP contribution in [0.5, 0.6) is 11.6 Å². The van der Waals surface area contributed by atoms with Crippen LogP contribution >= 0.6 is 31.9 Å². The van der Waals surface area contributed by atoms with Crippen LogP contribution in [-0.4, -0.2) is 17.0 Å². The molecule has 0 amide bonds. The molecule has 1 N–H and O–H groups in total. The molecule has 0 spiro atoms. The van der Waals surface area contributed by atoms with Gasteiger partial charge in [-0.3, -0.25) is 0 Å². The van der Waals surface area contributed by atoms with Crippen LogP contribution in [0.15, 0.2) is 33.2 Å². The van der Waals surface area contributed by atoms with Crippen molar-refractivity contribution in [2.45, 2.75) is 18.8 Å². The Hall–Kier alpha value is -1.14. The van der Waals surface area contributed by atoms with Crippen molar-refractivity contribution < 1.29 is 4.74 Å². The van der Waals surface area contributed by atoms with E-state index < -0.39 is 0 Å². The molecule has 1 aliphatic rings. The molecule has 20 heavy (non-hydrogen) atoms. The molecule has 0 radical (unpaired) electrons. The minimum absolute atomic E-state index is 0.485. The normalized spacial score (nSPS) is 14.2. The van der Waals surface area contributed by atoms with Gasteiger partial charge in [-0.2, -0.15) is 4.98 Å². The second-order valence-electron chi connectivity index (χ2n) is 4.65. The van der Waals surface area contributed by atoms with Gasteiger partial charge >= 0.3 is 0 Å². The van der Waals surface area contributed by atoms with Crippen LogP contribution in [0, 0.1) is 0 Å². The first-order valence-electron chi connectivity index (χ1n) is 6.35. The van der Waals surface area contributed by atoms with E-state index in [0.717, 1.165) is 39.2 Å². The van der Waals surface area contributed by atoms with E-state index in [1.165, 1.54) is 0 Å². The first-order valence-corrected chi connectivity index (χ1v) is 7.94. The highest BCUT2D eigenvalue weighted by atomic mass is 79.9. The van der Waals surface area contributed by atoms with Crippen molar-refractivity contribution in [2.75, 3.05) is 12.4 Å². The summed E-state index contributed by atoms with van der Waals surface area (Å²) >= 11 is 6.91. The summed E-state index contributed by atoms with van der Waals surface area (Å²) in [5.41, 5.74) is 0. The highest BCUT2D eigenvalue weighted by Gasteiger charge is 2.27. The van der Waals surface area contributed by atoms with Crippen molar-refractivity contribution in [3.63, 3.8) is 0 Å². The van der Waals surface area contributed by atoms with Crippen molar-refractivity contribution in [3.05, 3.63) is 39.0 Å². The lowest BCUT2D eigenvalue weighted by molar-refractivity contribution is 0.456. The van der Waals surface area contributed by atoms with Crippen LogP contribution in [0.2, 0.25) is 0 Å². The highest BCUT2D eigenvalue weighted by Crippen LogP contribution is 2.40. The predicted molar refractivity (Wildman–Crippen MR) is 85.5 cm³/mol. The second-order valence-corrected chi connectivity index (χ2v) is 6.42. The third-order valence-electron chi connectivity index (χ3n) is 3.03. The van der Waals surface area contributed by atoms with E-state index in [-0.39, 0.29) is 0 Å². The van der Waals surface area contributed by atoms with E-state index in [1.54, 1.807) is 6.07 Å². The summed E-state index contributed by atoms with van der Waals surface area (Å²) in [6.07, 6.45) is 2.32. The maximum Gasteiger partial charge on any atom is 0.224 e. The topological polar surface area (TPSA) is 47.0 Å². The fraction of sp³-hybridized carbons (Fsp3) is 0.286. The SMILES string of the molecule is CNc1cc(Oc2ccc(Br)cc2Br)nc(C2CC2)n1. The molecule has 2 aromatic rings. The number of rotatable bonds is 4. The van der Waals surface area contributed by atoms with Gasteiger partial charge in [0.05, 0.1) is 4.47 Å². The molecule has 0 saturated heterocycles. The summed E-state index contributed by atoms with van der Waals surface area (Å²) in [6, 6.07) is 7.58. The number of anilines is 1. The van der Waals surface area contributed by atoms with Crippen molar-refractivity contribution in [1.82, 2.24) is 9.97 Å². The van der Waals surface area contributed by atoms with E-state index in [0.29, 0.717) is 11.8 Å². The quantitative estimate of drug-likeness (QED) is 0.809. The average molecular weight is 399 g/mol.